The summed E-state index contributed by atoms with van der Waals surface area (Å²) in [6.07, 6.45) is 6.32. The summed E-state index contributed by atoms with van der Waals surface area (Å²) in [6, 6.07) is 0.114. The van der Waals surface area contributed by atoms with Crippen LogP contribution in [0.15, 0.2) is 17.9 Å². The predicted molar refractivity (Wildman–Crippen MR) is 73.1 cm³/mol. The molecular weight excluding hydrogens is 260 g/mol. The zero-order chi connectivity index (χ0) is 13.2. The summed E-state index contributed by atoms with van der Waals surface area (Å²) in [5, 5.41) is 3.09. The van der Waals surface area contributed by atoms with E-state index in [0.29, 0.717) is 5.69 Å². The van der Waals surface area contributed by atoms with Crippen LogP contribution in [0.25, 0.3) is 0 Å². The molecule has 1 fully saturated rings. The van der Waals surface area contributed by atoms with E-state index in [0.717, 1.165) is 36.5 Å². The highest BCUT2D eigenvalue weighted by molar-refractivity contribution is 7.09. The molecule has 19 heavy (non-hydrogen) atoms. The maximum Gasteiger partial charge on any atom is 0.272 e. The van der Waals surface area contributed by atoms with Gasteiger partial charge in [-0.05, 0) is 26.2 Å². The topological polar surface area (TPSA) is 61.9 Å². The number of nitrogens with zero attached hydrogens (tertiary/aromatic N) is 3. The number of H-pyrrole nitrogens is 1. The molecule has 0 aliphatic carbocycles. The highest BCUT2D eigenvalue weighted by Gasteiger charge is 2.30. The summed E-state index contributed by atoms with van der Waals surface area (Å²) in [7, 11) is 0. The molecule has 100 valence electrons. The van der Waals surface area contributed by atoms with Crippen molar-refractivity contribution < 1.29 is 4.79 Å². The Morgan fingerprint density at radius 3 is 3.11 bits per heavy atom. The molecule has 0 saturated carbocycles. The lowest BCUT2D eigenvalue weighted by atomic mass is 10.0. The summed E-state index contributed by atoms with van der Waals surface area (Å²) >= 11 is 1.64. The number of carbonyl (C=O) groups is 1. The second-order valence-electron chi connectivity index (χ2n) is 4.80. The largest absolute Gasteiger partial charge is 0.341 e. The minimum atomic E-state index is 0.0232. The first kappa shape index (κ1) is 12.3. The maximum atomic E-state index is 12.5. The lowest BCUT2D eigenvalue weighted by molar-refractivity contribution is 0.0605. The Morgan fingerprint density at radius 2 is 2.42 bits per heavy atom. The van der Waals surface area contributed by atoms with Crippen LogP contribution in [-0.2, 0) is 0 Å². The molecule has 1 amide bonds. The molecule has 2 aromatic heterocycles. The number of amides is 1. The van der Waals surface area contributed by atoms with Gasteiger partial charge in [-0.25, -0.2) is 9.97 Å². The molecule has 0 bridgehead atoms. The summed E-state index contributed by atoms with van der Waals surface area (Å²) in [5.74, 6) is 0.0232. The molecule has 0 aromatic carbocycles. The van der Waals surface area contributed by atoms with Crippen LogP contribution >= 0.6 is 11.3 Å². The zero-order valence-electron chi connectivity index (χ0n) is 10.8. The first-order chi connectivity index (χ1) is 9.25. The molecule has 1 aliphatic heterocycles. The summed E-state index contributed by atoms with van der Waals surface area (Å²) in [5.41, 5.74) is 1.58. The van der Waals surface area contributed by atoms with E-state index in [1.54, 1.807) is 23.9 Å². The first-order valence-corrected chi connectivity index (χ1v) is 7.35. The minimum absolute atomic E-state index is 0.0232. The fraction of sp³-hybridized carbons (Fsp3) is 0.462. The van der Waals surface area contributed by atoms with Crippen molar-refractivity contribution in [1.82, 2.24) is 19.9 Å². The van der Waals surface area contributed by atoms with Gasteiger partial charge in [0.2, 0.25) is 0 Å². The van der Waals surface area contributed by atoms with Crippen molar-refractivity contribution in [2.45, 2.75) is 32.2 Å². The van der Waals surface area contributed by atoms with Crippen LogP contribution in [0.5, 0.6) is 0 Å². The van der Waals surface area contributed by atoms with Crippen molar-refractivity contribution in [1.29, 1.82) is 0 Å². The number of rotatable bonds is 2. The first-order valence-electron chi connectivity index (χ1n) is 6.47. The number of carbonyl (C=O) groups excluding carboxylic acids is 1. The number of piperidine rings is 1. The smallest absolute Gasteiger partial charge is 0.272 e. The molecule has 1 saturated heterocycles. The van der Waals surface area contributed by atoms with Gasteiger partial charge in [-0.1, -0.05) is 0 Å². The number of aromatic amines is 1. The van der Waals surface area contributed by atoms with Gasteiger partial charge in [-0.15, -0.1) is 11.3 Å². The fourth-order valence-corrected chi connectivity index (χ4v) is 3.43. The third kappa shape index (κ3) is 2.40. The van der Waals surface area contributed by atoms with Crippen molar-refractivity contribution in [3.63, 3.8) is 0 Å². The second-order valence-corrected chi connectivity index (χ2v) is 5.69. The van der Waals surface area contributed by atoms with Crippen molar-refractivity contribution in [2.75, 3.05) is 6.54 Å². The number of thiazole rings is 1. The van der Waals surface area contributed by atoms with E-state index in [1.807, 2.05) is 17.2 Å². The van der Waals surface area contributed by atoms with E-state index in [9.17, 15) is 4.79 Å². The van der Waals surface area contributed by atoms with Crippen LogP contribution in [0, 0.1) is 6.92 Å². The third-order valence-corrected chi connectivity index (χ3v) is 4.48. The Balaban J connectivity index is 1.87. The number of aromatic nitrogens is 3. The van der Waals surface area contributed by atoms with Crippen LogP contribution in [0.3, 0.4) is 0 Å². The normalized spacial score (nSPS) is 19.6. The van der Waals surface area contributed by atoms with E-state index < -0.39 is 0 Å². The van der Waals surface area contributed by atoms with E-state index in [1.165, 1.54) is 0 Å². The quantitative estimate of drug-likeness (QED) is 0.917. The fourth-order valence-electron chi connectivity index (χ4n) is 2.48. The van der Waals surface area contributed by atoms with Crippen LogP contribution in [0.4, 0.5) is 0 Å². The highest BCUT2D eigenvalue weighted by Crippen LogP contribution is 2.33. The third-order valence-electron chi connectivity index (χ3n) is 3.41. The van der Waals surface area contributed by atoms with Gasteiger partial charge >= 0.3 is 0 Å². The number of nitrogens with one attached hydrogen (secondary N) is 1. The van der Waals surface area contributed by atoms with E-state index >= 15 is 0 Å². The SMILES string of the molecule is Cc1csc([C@H]2CCCCN2C(=O)c2cnc[nH]2)n1. The number of hydrogen-bond acceptors (Lipinski definition) is 4. The zero-order valence-corrected chi connectivity index (χ0v) is 11.6. The van der Waals surface area contributed by atoms with Crippen molar-refractivity contribution in [2.24, 2.45) is 0 Å². The second kappa shape index (κ2) is 5.13. The average Bonchev–Trinajstić information content (AvgIpc) is 3.09. The van der Waals surface area contributed by atoms with Crippen molar-refractivity contribution >= 4 is 17.2 Å². The summed E-state index contributed by atoms with van der Waals surface area (Å²) in [4.78, 5) is 25.8. The van der Waals surface area contributed by atoms with Gasteiger partial charge in [-0.3, -0.25) is 4.79 Å². The number of imidazole rings is 1. The van der Waals surface area contributed by atoms with Gasteiger partial charge in [0.15, 0.2) is 0 Å². The van der Waals surface area contributed by atoms with Crippen LogP contribution < -0.4 is 0 Å². The Labute approximate surface area is 115 Å². The molecule has 1 N–H and O–H groups in total. The lowest BCUT2D eigenvalue weighted by Gasteiger charge is -2.34. The van der Waals surface area contributed by atoms with Gasteiger partial charge in [0, 0.05) is 17.6 Å². The summed E-state index contributed by atoms with van der Waals surface area (Å²) < 4.78 is 0. The monoisotopic (exact) mass is 276 g/mol. The van der Waals surface area contributed by atoms with Crippen molar-refractivity contribution in [3.8, 4) is 0 Å². The lowest BCUT2D eigenvalue weighted by Crippen LogP contribution is -2.38. The molecule has 0 unspecified atom stereocenters. The van der Waals surface area contributed by atoms with Gasteiger partial charge in [-0.2, -0.15) is 0 Å². The molecule has 0 spiro atoms. The number of likely N-dealkylation sites (tertiary alicyclic amines) is 1. The number of hydrogen-bond donors (Lipinski definition) is 1. The van der Waals surface area contributed by atoms with Crippen LogP contribution in [0.2, 0.25) is 0 Å². The van der Waals surface area contributed by atoms with Crippen LogP contribution in [0.1, 0.15) is 46.5 Å². The molecule has 1 aliphatic rings. The Kier molecular flexibility index (Phi) is 3.33. The van der Waals surface area contributed by atoms with Gasteiger partial charge in [0.05, 0.1) is 18.6 Å². The average molecular weight is 276 g/mol. The van der Waals surface area contributed by atoms with Crippen LogP contribution in [-0.4, -0.2) is 32.3 Å². The molecule has 5 nitrogen and oxygen atoms in total. The van der Waals surface area contributed by atoms with E-state index in [2.05, 4.69) is 15.0 Å². The maximum absolute atomic E-state index is 12.5. The molecular formula is C13H16N4OS. The van der Waals surface area contributed by atoms with E-state index in [-0.39, 0.29) is 11.9 Å². The van der Waals surface area contributed by atoms with Gasteiger partial charge in [0.1, 0.15) is 10.7 Å². The van der Waals surface area contributed by atoms with Crippen molar-refractivity contribution in [3.05, 3.63) is 34.3 Å². The van der Waals surface area contributed by atoms with Gasteiger partial charge < -0.3 is 9.88 Å². The standard InChI is InChI=1S/C13H16N4OS/c1-9-7-19-12(16-9)11-4-2-3-5-17(11)13(18)10-6-14-8-15-10/h6-8,11H,2-5H2,1H3,(H,14,15)/t11-/m1/s1. The predicted octanol–water partition coefficient (Wildman–Crippen LogP) is 2.54. The Bertz CT molecular complexity index is 563. The molecule has 1 atom stereocenters. The van der Waals surface area contributed by atoms with E-state index in [4.69, 9.17) is 0 Å². The molecule has 3 rings (SSSR count). The minimum Gasteiger partial charge on any atom is -0.341 e. The Hall–Kier alpha value is -1.69. The highest BCUT2D eigenvalue weighted by atomic mass is 32.1. The molecule has 3 heterocycles. The van der Waals surface area contributed by atoms with Gasteiger partial charge in [0.25, 0.3) is 5.91 Å². The molecule has 2 aromatic rings. The Morgan fingerprint density at radius 1 is 1.53 bits per heavy atom. The number of aryl methyl sites for hydroxylation is 1. The molecule has 0 radical (unpaired) electrons. The molecule has 6 heteroatoms. The summed E-state index contributed by atoms with van der Waals surface area (Å²) in [6.45, 7) is 2.78.